The van der Waals surface area contributed by atoms with Crippen molar-refractivity contribution >= 4 is 11.7 Å². The van der Waals surface area contributed by atoms with Gasteiger partial charge in [-0.15, -0.1) is 0 Å². The molecule has 6 nitrogen and oxygen atoms in total. The van der Waals surface area contributed by atoms with Gasteiger partial charge >= 0.3 is 6.03 Å². The van der Waals surface area contributed by atoms with Crippen LogP contribution >= 0.6 is 0 Å². The van der Waals surface area contributed by atoms with Gasteiger partial charge in [0.25, 0.3) is 0 Å². The molecule has 0 unspecified atom stereocenters. The van der Waals surface area contributed by atoms with Crippen LogP contribution in [0.4, 0.5) is 14.9 Å². The maximum absolute atomic E-state index is 13.8. The van der Waals surface area contributed by atoms with Crippen LogP contribution < -0.4 is 5.32 Å². The van der Waals surface area contributed by atoms with E-state index in [9.17, 15) is 14.3 Å². The summed E-state index contributed by atoms with van der Waals surface area (Å²) in [5, 5.41) is 13.8. The highest BCUT2D eigenvalue weighted by Gasteiger charge is 2.51. The van der Waals surface area contributed by atoms with Gasteiger partial charge in [-0.05, 0) is 25.0 Å². The number of urea groups is 1. The molecule has 2 bridgehead atoms. The Bertz CT molecular complexity index is 792. The maximum atomic E-state index is 13.8. The number of aliphatic hydroxyl groups is 1. The Morgan fingerprint density at radius 2 is 2.00 bits per heavy atom. The quantitative estimate of drug-likeness (QED) is 0.880. The van der Waals surface area contributed by atoms with Crippen molar-refractivity contribution in [3.05, 3.63) is 48.3 Å². The van der Waals surface area contributed by atoms with E-state index in [4.69, 9.17) is 0 Å². The van der Waals surface area contributed by atoms with Crippen LogP contribution in [0, 0.1) is 5.82 Å². The van der Waals surface area contributed by atoms with Crippen molar-refractivity contribution in [2.75, 3.05) is 5.32 Å². The number of aromatic nitrogens is 2. The molecule has 0 spiro atoms. The number of halogens is 1. The molecule has 2 amide bonds. The van der Waals surface area contributed by atoms with Crippen molar-refractivity contribution < 1.29 is 14.3 Å². The molecule has 3 heterocycles. The van der Waals surface area contributed by atoms with Crippen LogP contribution in [0.25, 0.3) is 0 Å². The van der Waals surface area contributed by atoms with Crippen molar-refractivity contribution in [2.24, 2.45) is 7.05 Å². The van der Waals surface area contributed by atoms with Crippen LogP contribution in [0.5, 0.6) is 0 Å². The number of amides is 2. The van der Waals surface area contributed by atoms with Gasteiger partial charge in [-0.1, -0.05) is 12.1 Å². The third kappa shape index (κ3) is 2.68. The van der Waals surface area contributed by atoms with Crippen LogP contribution in [0.2, 0.25) is 0 Å². The van der Waals surface area contributed by atoms with Crippen LogP contribution in [0.1, 0.15) is 31.5 Å². The molecule has 1 aromatic heterocycles. The average molecular weight is 344 g/mol. The lowest BCUT2D eigenvalue weighted by Crippen LogP contribution is -2.53. The zero-order valence-electron chi connectivity index (χ0n) is 14.0. The first-order valence-corrected chi connectivity index (χ1v) is 8.52. The molecule has 7 heteroatoms. The van der Waals surface area contributed by atoms with Gasteiger partial charge in [0.2, 0.25) is 0 Å². The number of nitrogens with one attached hydrogen (secondary N) is 1. The van der Waals surface area contributed by atoms with Crippen molar-refractivity contribution in [3.8, 4) is 0 Å². The molecule has 0 aliphatic carbocycles. The molecule has 2 N–H and O–H groups in total. The highest BCUT2D eigenvalue weighted by Crippen LogP contribution is 2.45. The van der Waals surface area contributed by atoms with Crippen LogP contribution in [0.15, 0.2) is 36.7 Å². The first-order valence-electron chi connectivity index (χ1n) is 8.52. The fourth-order valence-corrected chi connectivity index (χ4v) is 4.30. The molecule has 0 radical (unpaired) electrons. The summed E-state index contributed by atoms with van der Waals surface area (Å²) in [5.41, 5.74) is -0.851. The van der Waals surface area contributed by atoms with Crippen molar-refractivity contribution in [3.63, 3.8) is 0 Å². The largest absolute Gasteiger partial charge is 0.382 e. The van der Waals surface area contributed by atoms with Crippen molar-refractivity contribution in [1.82, 2.24) is 14.5 Å². The third-order valence-electron chi connectivity index (χ3n) is 5.35. The Hall–Kier alpha value is -2.41. The molecule has 0 saturated carbocycles. The normalized spacial score (nSPS) is 28.2. The zero-order valence-corrected chi connectivity index (χ0v) is 14.0. The summed E-state index contributed by atoms with van der Waals surface area (Å²) in [4.78, 5) is 18.8. The lowest BCUT2D eigenvalue weighted by molar-refractivity contribution is -0.0505. The van der Waals surface area contributed by atoms with Gasteiger partial charge in [0.05, 0.1) is 5.69 Å². The lowest BCUT2D eigenvalue weighted by atomic mass is 9.85. The van der Waals surface area contributed by atoms with E-state index in [1.807, 2.05) is 17.8 Å². The molecule has 2 fully saturated rings. The Morgan fingerprint density at radius 1 is 1.32 bits per heavy atom. The van der Waals surface area contributed by atoms with E-state index in [1.54, 1.807) is 29.3 Å². The van der Waals surface area contributed by atoms with Gasteiger partial charge in [-0.2, -0.15) is 0 Å². The third-order valence-corrected chi connectivity index (χ3v) is 5.35. The smallest absolute Gasteiger partial charge is 0.322 e. The number of piperidine rings is 1. The van der Waals surface area contributed by atoms with E-state index in [-0.39, 0.29) is 23.8 Å². The number of imidazole rings is 1. The average Bonchev–Trinajstić information content (AvgIpc) is 3.12. The molecule has 2 aliphatic rings. The molecule has 1 aromatic carbocycles. The molecular weight excluding hydrogens is 323 g/mol. The number of rotatable bonds is 2. The first kappa shape index (κ1) is 16.1. The highest BCUT2D eigenvalue weighted by molar-refractivity contribution is 5.90. The number of fused-ring (bicyclic) bond motifs is 2. The fourth-order valence-electron chi connectivity index (χ4n) is 4.30. The topological polar surface area (TPSA) is 70.4 Å². The Kier molecular flexibility index (Phi) is 3.76. The SMILES string of the molecule is Cn1ccnc1C1(O)C[C@H]2CC[C@H](C1)N2C(=O)Nc1ccccc1F. The Balaban J connectivity index is 1.54. The van der Waals surface area contributed by atoms with E-state index in [2.05, 4.69) is 10.3 Å². The summed E-state index contributed by atoms with van der Waals surface area (Å²) < 4.78 is 15.6. The molecule has 132 valence electrons. The number of nitrogens with zero attached hydrogens (tertiary/aromatic N) is 3. The monoisotopic (exact) mass is 344 g/mol. The lowest BCUT2D eigenvalue weighted by Gasteiger charge is -2.43. The summed E-state index contributed by atoms with van der Waals surface area (Å²) >= 11 is 0. The predicted molar refractivity (Wildman–Crippen MR) is 90.4 cm³/mol. The summed E-state index contributed by atoms with van der Waals surface area (Å²) in [6, 6.07) is 5.68. The zero-order chi connectivity index (χ0) is 17.6. The number of benzene rings is 1. The fraction of sp³-hybridized carbons (Fsp3) is 0.444. The van der Waals surface area contributed by atoms with Crippen molar-refractivity contribution in [2.45, 2.75) is 43.4 Å². The van der Waals surface area contributed by atoms with Gasteiger partial charge in [0.1, 0.15) is 17.2 Å². The Labute approximate surface area is 145 Å². The van der Waals surface area contributed by atoms with E-state index < -0.39 is 11.4 Å². The number of aryl methyl sites for hydroxylation is 1. The van der Waals surface area contributed by atoms with Gasteiger partial charge < -0.3 is 19.9 Å². The number of carbonyl (C=O) groups is 1. The predicted octanol–water partition coefficient (Wildman–Crippen LogP) is 2.61. The maximum Gasteiger partial charge on any atom is 0.322 e. The van der Waals surface area contributed by atoms with Gasteiger partial charge in [-0.3, -0.25) is 0 Å². The van der Waals surface area contributed by atoms with Gasteiger partial charge in [0.15, 0.2) is 0 Å². The van der Waals surface area contributed by atoms with E-state index >= 15 is 0 Å². The minimum absolute atomic E-state index is 0.0766. The van der Waals surface area contributed by atoms with E-state index in [0.29, 0.717) is 18.7 Å². The van der Waals surface area contributed by atoms with Crippen LogP contribution in [-0.2, 0) is 12.6 Å². The number of para-hydroxylation sites is 1. The molecule has 2 saturated heterocycles. The van der Waals surface area contributed by atoms with Crippen molar-refractivity contribution in [1.29, 1.82) is 0 Å². The van der Waals surface area contributed by atoms with Crippen LogP contribution in [-0.4, -0.2) is 37.7 Å². The number of hydrogen-bond donors (Lipinski definition) is 2. The summed E-state index contributed by atoms with van der Waals surface area (Å²) in [6.07, 6.45) is 6.04. The van der Waals surface area contributed by atoms with Gasteiger partial charge in [0, 0.05) is 44.4 Å². The second-order valence-electron chi connectivity index (χ2n) is 7.00. The van der Waals surface area contributed by atoms with E-state index in [0.717, 1.165) is 12.8 Å². The van der Waals surface area contributed by atoms with E-state index in [1.165, 1.54) is 6.07 Å². The Morgan fingerprint density at radius 3 is 2.60 bits per heavy atom. The molecule has 25 heavy (non-hydrogen) atoms. The molecule has 4 rings (SSSR count). The minimum Gasteiger partial charge on any atom is -0.382 e. The number of hydrogen-bond acceptors (Lipinski definition) is 3. The second kappa shape index (κ2) is 5.84. The molecule has 2 aromatic rings. The molecular formula is C18H21FN4O2. The van der Waals surface area contributed by atoms with Crippen LogP contribution in [0.3, 0.4) is 0 Å². The summed E-state index contributed by atoms with van der Waals surface area (Å²) in [7, 11) is 1.86. The highest BCUT2D eigenvalue weighted by atomic mass is 19.1. The standard InChI is InChI=1S/C18H21FN4O2/c1-22-9-8-20-16(22)18(25)10-12-6-7-13(11-18)23(12)17(24)21-15-5-3-2-4-14(15)19/h2-5,8-9,12-13,25H,6-7,10-11H2,1H3,(H,21,24)/t12-,13-/m1/s1. The first-order chi connectivity index (χ1) is 12.0. The minimum atomic E-state index is -1.03. The summed E-state index contributed by atoms with van der Waals surface area (Å²) in [6.45, 7) is 0. The number of anilines is 1. The molecule has 2 aliphatic heterocycles. The van der Waals surface area contributed by atoms with Gasteiger partial charge in [-0.25, -0.2) is 14.2 Å². The number of carbonyl (C=O) groups excluding carboxylic acids is 1. The second-order valence-corrected chi connectivity index (χ2v) is 7.00. The summed E-state index contributed by atoms with van der Waals surface area (Å²) in [5.74, 6) is 0.184. The molecule has 2 atom stereocenters.